The third kappa shape index (κ3) is 2.61. The quantitative estimate of drug-likeness (QED) is 0.726. The maximum absolute atomic E-state index is 6.05. The number of para-hydroxylation sites is 1. The molecule has 0 radical (unpaired) electrons. The molecule has 0 aliphatic carbocycles. The molecule has 0 bridgehead atoms. The van der Waals surface area contributed by atoms with Crippen LogP contribution in [0.3, 0.4) is 0 Å². The van der Waals surface area contributed by atoms with Gasteiger partial charge in [-0.05, 0) is 35.5 Å². The van der Waals surface area contributed by atoms with Gasteiger partial charge >= 0.3 is 0 Å². The number of aromatic nitrogens is 4. The van der Waals surface area contributed by atoms with E-state index in [1.54, 1.807) is 11.8 Å². The Morgan fingerprint density at radius 2 is 1.95 bits per heavy atom. The molecule has 0 saturated carbocycles. The highest BCUT2D eigenvalue weighted by Gasteiger charge is 2.12. The van der Waals surface area contributed by atoms with Gasteiger partial charge in [-0.1, -0.05) is 35.5 Å². The summed E-state index contributed by atoms with van der Waals surface area (Å²) in [4.78, 5) is 1.94. The van der Waals surface area contributed by atoms with Gasteiger partial charge < -0.3 is 5.73 Å². The number of aromatic amines is 1. The smallest absolute Gasteiger partial charge is 0.205 e. The monoisotopic (exact) mass is 303 g/mol. The molecule has 0 aliphatic rings. The van der Waals surface area contributed by atoms with E-state index < -0.39 is 0 Å². The second kappa shape index (κ2) is 5.52. The number of H-pyrrole nitrogens is 1. The van der Waals surface area contributed by atoms with Crippen LogP contribution >= 0.6 is 23.4 Å². The number of nitrogens with two attached hydrogens (primary N) is 1. The number of benzene rings is 2. The SMILES string of the molecule is Nc1ccccc1Sc1ccc(Cl)cc1-c1nn[nH]n1. The Kier molecular flexibility index (Phi) is 3.58. The third-order valence-corrected chi connectivity index (χ3v) is 4.07. The Labute approximate surface area is 124 Å². The first kappa shape index (κ1) is 13.0. The minimum absolute atomic E-state index is 0.504. The summed E-state index contributed by atoms with van der Waals surface area (Å²) in [5.41, 5.74) is 7.52. The number of nitrogens with zero attached hydrogens (tertiary/aromatic N) is 3. The van der Waals surface area contributed by atoms with Gasteiger partial charge in [-0.2, -0.15) is 5.21 Å². The van der Waals surface area contributed by atoms with Crippen molar-refractivity contribution in [1.29, 1.82) is 0 Å². The zero-order valence-electron chi connectivity index (χ0n) is 10.2. The number of nitrogen functional groups attached to an aromatic ring is 1. The van der Waals surface area contributed by atoms with Crippen molar-refractivity contribution < 1.29 is 0 Å². The summed E-state index contributed by atoms with van der Waals surface area (Å²) in [6, 6.07) is 13.2. The molecule has 0 fully saturated rings. The lowest BCUT2D eigenvalue weighted by molar-refractivity contribution is 0.881. The zero-order valence-corrected chi connectivity index (χ0v) is 11.8. The van der Waals surface area contributed by atoms with Crippen molar-refractivity contribution in [3.8, 4) is 11.4 Å². The van der Waals surface area contributed by atoms with Crippen LogP contribution in [-0.4, -0.2) is 20.6 Å². The van der Waals surface area contributed by atoms with Crippen molar-refractivity contribution in [3.63, 3.8) is 0 Å². The van der Waals surface area contributed by atoms with Crippen LogP contribution in [0.15, 0.2) is 52.3 Å². The summed E-state index contributed by atoms with van der Waals surface area (Å²) < 4.78 is 0. The summed E-state index contributed by atoms with van der Waals surface area (Å²) in [5.74, 6) is 0.504. The average molecular weight is 304 g/mol. The highest BCUT2D eigenvalue weighted by atomic mass is 35.5. The van der Waals surface area contributed by atoms with E-state index in [4.69, 9.17) is 17.3 Å². The van der Waals surface area contributed by atoms with E-state index in [0.717, 1.165) is 21.0 Å². The Morgan fingerprint density at radius 3 is 2.70 bits per heavy atom. The number of rotatable bonds is 3. The second-order valence-corrected chi connectivity index (χ2v) is 5.54. The number of nitrogens with one attached hydrogen (secondary N) is 1. The van der Waals surface area contributed by atoms with Crippen molar-refractivity contribution in [3.05, 3.63) is 47.5 Å². The van der Waals surface area contributed by atoms with Gasteiger partial charge in [0.1, 0.15) is 0 Å². The molecule has 1 aromatic heterocycles. The Morgan fingerprint density at radius 1 is 1.10 bits per heavy atom. The number of hydrogen-bond acceptors (Lipinski definition) is 5. The van der Waals surface area contributed by atoms with E-state index in [1.807, 2.05) is 42.5 Å². The third-order valence-electron chi connectivity index (χ3n) is 2.67. The number of tetrazole rings is 1. The Balaban J connectivity index is 2.04. The molecule has 0 amide bonds. The van der Waals surface area contributed by atoms with Crippen LogP contribution < -0.4 is 5.73 Å². The molecule has 0 spiro atoms. The van der Waals surface area contributed by atoms with E-state index in [0.29, 0.717) is 10.8 Å². The number of hydrogen-bond donors (Lipinski definition) is 2. The van der Waals surface area contributed by atoms with E-state index in [9.17, 15) is 0 Å². The number of anilines is 1. The largest absolute Gasteiger partial charge is 0.398 e. The molecule has 1 heterocycles. The van der Waals surface area contributed by atoms with Gasteiger partial charge in [0.2, 0.25) is 5.82 Å². The van der Waals surface area contributed by atoms with Gasteiger partial charge in [-0.15, -0.1) is 10.2 Å². The molecular formula is C13H10ClN5S. The average Bonchev–Trinajstić information content (AvgIpc) is 2.97. The van der Waals surface area contributed by atoms with Gasteiger partial charge in [-0.25, -0.2) is 0 Å². The first-order chi connectivity index (χ1) is 9.74. The first-order valence-corrected chi connectivity index (χ1v) is 6.99. The molecule has 2 aromatic carbocycles. The molecule has 20 heavy (non-hydrogen) atoms. The second-order valence-electron chi connectivity index (χ2n) is 4.02. The van der Waals surface area contributed by atoms with Crippen LogP contribution in [0.1, 0.15) is 0 Å². The van der Waals surface area contributed by atoms with Gasteiger partial charge in [0.05, 0.1) is 0 Å². The van der Waals surface area contributed by atoms with Gasteiger partial charge in [0, 0.05) is 26.1 Å². The summed E-state index contributed by atoms with van der Waals surface area (Å²) in [6.45, 7) is 0. The molecule has 5 nitrogen and oxygen atoms in total. The maximum atomic E-state index is 6.05. The molecule has 0 unspecified atom stereocenters. The first-order valence-electron chi connectivity index (χ1n) is 5.80. The topological polar surface area (TPSA) is 80.5 Å². The van der Waals surface area contributed by atoms with Crippen LogP contribution in [0.2, 0.25) is 5.02 Å². The maximum Gasteiger partial charge on any atom is 0.205 e. The van der Waals surface area contributed by atoms with Crippen molar-refractivity contribution in [1.82, 2.24) is 20.6 Å². The molecule has 3 rings (SSSR count). The lowest BCUT2D eigenvalue weighted by Gasteiger charge is -2.08. The minimum Gasteiger partial charge on any atom is -0.398 e. The summed E-state index contributed by atoms with van der Waals surface area (Å²) in [5, 5.41) is 14.6. The van der Waals surface area contributed by atoms with Crippen LogP contribution in [-0.2, 0) is 0 Å². The van der Waals surface area contributed by atoms with E-state index >= 15 is 0 Å². The van der Waals surface area contributed by atoms with Crippen molar-refractivity contribution in [2.24, 2.45) is 0 Å². The predicted octanol–water partition coefficient (Wildman–Crippen LogP) is 3.25. The fourth-order valence-corrected chi connectivity index (χ4v) is 2.87. The fourth-order valence-electron chi connectivity index (χ4n) is 1.73. The molecule has 100 valence electrons. The fraction of sp³-hybridized carbons (Fsp3) is 0. The molecule has 7 heteroatoms. The Bertz CT molecular complexity index is 729. The molecule has 0 saturated heterocycles. The molecule has 3 N–H and O–H groups in total. The van der Waals surface area contributed by atoms with Gasteiger partial charge in [0.15, 0.2) is 0 Å². The van der Waals surface area contributed by atoms with Crippen LogP contribution in [0.5, 0.6) is 0 Å². The molecule has 0 atom stereocenters. The van der Waals surface area contributed by atoms with E-state index in [1.165, 1.54) is 0 Å². The standard InChI is InChI=1S/C13H10ClN5S/c14-8-5-6-11(9(7-8)13-16-18-19-17-13)20-12-4-2-1-3-10(12)15/h1-7H,15H2,(H,16,17,18,19). The zero-order chi connectivity index (χ0) is 13.9. The van der Waals surface area contributed by atoms with Gasteiger partial charge in [0.25, 0.3) is 0 Å². The van der Waals surface area contributed by atoms with Crippen LogP contribution in [0, 0.1) is 0 Å². The van der Waals surface area contributed by atoms with Crippen molar-refractivity contribution >= 4 is 29.1 Å². The molecule has 0 aliphatic heterocycles. The van der Waals surface area contributed by atoms with Crippen molar-refractivity contribution in [2.75, 3.05) is 5.73 Å². The molecular weight excluding hydrogens is 294 g/mol. The van der Waals surface area contributed by atoms with Crippen molar-refractivity contribution in [2.45, 2.75) is 9.79 Å². The van der Waals surface area contributed by atoms with E-state index in [2.05, 4.69) is 20.6 Å². The highest BCUT2D eigenvalue weighted by molar-refractivity contribution is 7.99. The normalized spacial score (nSPS) is 10.7. The highest BCUT2D eigenvalue weighted by Crippen LogP contribution is 2.38. The van der Waals surface area contributed by atoms with E-state index in [-0.39, 0.29) is 0 Å². The predicted molar refractivity (Wildman–Crippen MR) is 79.6 cm³/mol. The van der Waals surface area contributed by atoms with Gasteiger partial charge in [-0.3, -0.25) is 0 Å². The summed E-state index contributed by atoms with van der Waals surface area (Å²) >= 11 is 7.59. The molecule has 3 aromatic rings. The summed E-state index contributed by atoms with van der Waals surface area (Å²) in [7, 11) is 0. The summed E-state index contributed by atoms with van der Waals surface area (Å²) in [6.07, 6.45) is 0. The lowest BCUT2D eigenvalue weighted by Crippen LogP contribution is -1.89. The number of halogens is 1. The minimum atomic E-state index is 0.504. The lowest BCUT2D eigenvalue weighted by atomic mass is 10.2. The van der Waals surface area contributed by atoms with Crippen LogP contribution in [0.25, 0.3) is 11.4 Å². The Hall–Kier alpha value is -2.05. The van der Waals surface area contributed by atoms with Crippen LogP contribution in [0.4, 0.5) is 5.69 Å².